The Bertz CT molecular complexity index is 442. The average molecular weight is 299 g/mol. The van der Waals surface area contributed by atoms with Crippen molar-refractivity contribution in [3.05, 3.63) is 27.7 Å². The zero-order chi connectivity index (χ0) is 9.97. The van der Waals surface area contributed by atoms with Crippen molar-refractivity contribution in [3.8, 4) is 11.5 Å². The van der Waals surface area contributed by atoms with Crippen LogP contribution in [-0.4, -0.2) is 25.4 Å². The molecule has 0 spiro atoms. The predicted molar refractivity (Wildman–Crippen MR) is 58.3 cm³/mol. The summed E-state index contributed by atoms with van der Waals surface area (Å²) in [5.74, 6) is 1.01. The maximum Gasteiger partial charge on any atom is 0.223 e. The minimum absolute atomic E-state index is 0.459. The smallest absolute Gasteiger partial charge is 0.223 e. The van der Waals surface area contributed by atoms with Crippen molar-refractivity contribution < 1.29 is 0 Å². The Morgan fingerprint density at radius 1 is 1.14 bits per heavy atom. The molecular formula is C8H6IN5. The van der Waals surface area contributed by atoms with Gasteiger partial charge in [-0.1, -0.05) is 0 Å². The van der Waals surface area contributed by atoms with E-state index in [4.69, 9.17) is 0 Å². The topological polar surface area (TPSA) is 64.5 Å². The van der Waals surface area contributed by atoms with E-state index in [9.17, 15) is 0 Å². The molecule has 2 rings (SSSR count). The van der Waals surface area contributed by atoms with Gasteiger partial charge in [0.05, 0.1) is 0 Å². The van der Waals surface area contributed by atoms with Crippen LogP contribution in [0.3, 0.4) is 0 Å². The molecule has 0 saturated heterocycles. The van der Waals surface area contributed by atoms with Crippen molar-refractivity contribution in [1.82, 2.24) is 25.4 Å². The first-order valence-electron chi connectivity index (χ1n) is 3.92. The lowest BCUT2D eigenvalue weighted by Crippen LogP contribution is -2.00. The van der Waals surface area contributed by atoms with Crippen molar-refractivity contribution in [1.29, 1.82) is 0 Å². The quantitative estimate of drug-likeness (QED) is 0.741. The molecule has 0 aliphatic heterocycles. The van der Waals surface area contributed by atoms with E-state index in [-0.39, 0.29) is 0 Å². The van der Waals surface area contributed by atoms with Crippen LogP contribution in [0.25, 0.3) is 11.5 Å². The molecule has 0 aromatic carbocycles. The summed E-state index contributed by atoms with van der Waals surface area (Å²) < 4.78 is 0.984. The third-order valence-electron chi connectivity index (χ3n) is 1.55. The molecule has 70 valence electrons. The number of hydrogen-bond donors (Lipinski definition) is 0. The van der Waals surface area contributed by atoms with Crippen LogP contribution in [-0.2, 0) is 0 Å². The van der Waals surface area contributed by atoms with E-state index in [1.165, 1.54) is 0 Å². The van der Waals surface area contributed by atoms with Gasteiger partial charge in [-0.25, -0.2) is 0 Å². The highest BCUT2D eigenvalue weighted by atomic mass is 127. The molecule has 0 aliphatic rings. The van der Waals surface area contributed by atoms with Gasteiger partial charge in [-0.2, -0.15) is 0 Å². The van der Waals surface area contributed by atoms with Crippen LogP contribution < -0.4 is 0 Å². The van der Waals surface area contributed by atoms with Crippen molar-refractivity contribution in [2.24, 2.45) is 0 Å². The van der Waals surface area contributed by atoms with E-state index in [2.05, 4.69) is 48.0 Å². The molecule has 2 aromatic rings. The third kappa shape index (κ3) is 1.84. The fourth-order valence-corrected chi connectivity index (χ4v) is 1.51. The van der Waals surface area contributed by atoms with Crippen LogP contribution in [0.15, 0.2) is 18.3 Å². The van der Waals surface area contributed by atoms with E-state index in [1.807, 2.05) is 12.1 Å². The van der Waals surface area contributed by atoms with Gasteiger partial charge < -0.3 is 0 Å². The van der Waals surface area contributed by atoms with E-state index in [1.54, 1.807) is 13.1 Å². The first-order chi connectivity index (χ1) is 6.77. The van der Waals surface area contributed by atoms with Crippen LogP contribution in [0.2, 0.25) is 0 Å². The molecule has 6 heteroatoms. The second-order valence-electron chi connectivity index (χ2n) is 2.60. The van der Waals surface area contributed by atoms with Gasteiger partial charge in [0.1, 0.15) is 5.69 Å². The Kier molecular flexibility index (Phi) is 2.62. The van der Waals surface area contributed by atoms with Gasteiger partial charge in [0.15, 0.2) is 5.82 Å². The molecule has 0 saturated carbocycles. The lowest BCUT2D eigenvalue weighted by molar-refractivity contribution is 0.811. The summed E-state index contributed by atoms with van der Waals surface area (Å²) in [7, 11) is 0. The highest BCUT2D eigenvalue weighted by Crippen LogP contribution is 2.16. The lowest BCUT2D eigenvalue weighted by Gasteiger charge is -1.98. The maximum absolute atomic E-state index is 4.17. The molecule has 0 fully saturated rings. The fourth-order valence-electron chi connectivity index (χ4n) is 0.924. The summed E-state index contributed by atoms with van der Waals surface area (Å²) in [5, 5.41) is 15.5. The Labute approximate surface area is 94.2 Å². The molecule has 0 N–H and O–H groups in total. The summed E-state index contributed by atoms with van der Waals surface area (Å²) in [6.45, 7) is 1.74. The van der Waals surface area contributed by atoms with Gasteiger partial charge in [-0.05, 0) is 41.6 Å². The summed E-state index contributed by atoms with van der Waals surface area (Å²) in [5.41, 5.74) is 0.716. The van der Waals surface area contributed by atoms with Crippen molar-refractivity contribution in [3.63, 3.8) is 0 Å². The fraction of sp³-hybridized carbons (Fsp3) is 0.125. The minimum atomic E-state index is 0.459. The van der Waals surface area contributed by atoms with Crippen LogP contribution >= 0.6 is 22.6 Å². The molecule has 0 radical (unpaired) electrons. The molecule has 0 amide bonds. The first-order valence-corrected chi connectivity index (χ1v) is 5.00. The Morgan fingerprint density at radius 2 is 1.86 bits per heavy atom. The Balaban J connectivity index is 2.50. The SMILES string of the molecule is Cc1nnc(-c2ncccc2I)nn1. The van der Waals surface area contributed by atoms with Crippen molar-refractivity contribution >= 4 is 22.6 Å². The summed E-state index contributed by atoms with van der Waals surface area (Å²) in [6.07, 6.45) is 1.70. The predicted octanol–water partition coefficient (Wildman–Crippen LogP) is 1.24. The van der Waals surface area contributed by atoms with E-state index in [0.29, 0.717) is 17.3 Å². The van der Waals surface area contributed by atoms with Crippen molar-refractivity contribution in [2.45, 2.75) is 6.92 Å². The zero-order valence-corrected chi connectivity index (χ0v) is 9.50. The Hall–Kier alpha value is -1.18. The Morgan fingerprint density at radius 3 is 2.50 bits per heavy atom. The number of pyridine rings is 1. The molecule has 0 bridgehead atoms. The number of rotatable bonds is 1. The minimum Gasteiger partial charge on any atom is -0.252 e. The average Bonchev–Trinajstić information content (AvgIpc) is 2.20. The van der Waals surface area contributed by atoms with Gasteiger partial charge in [-0.3, -0.25) is 4.98 Å². The number of halogens is 1. The second-order valence-corrected chi connectivity index (χ2v) is 3.77. The molecule has 0 aliphatic carbocycles. The van der Waals surface area contributed by atoms with E-state index >= 15 is 0 Å². The van der Waals surface area contributed by atoms with Crippen LogP contribution in [0, 0.1) is 10.5 Å². The molecule has 0 unspecified atom stereocenters. The number of aromatic nitrogens is 5. The standard InChI is InChI=1S/C8H6IN5/c1-5-11-13-8(14-12-5)7-6(9)3-2-4-10-7/h2-4H,1H3. The normalized spacial score (nSPS) is 10.1. The van der Waals surface area contributed by atoms with Crippen LogP contribution in [0.1, 0.15) is 5.82 Å². The van der Waals surface area contributed by atoms with Gasteiger partial charge in [0.25, 0.3) is 0 Å². The summed E-state index contributed by atoms with van der Waals surface area (Å²) in [4.78, 5) is 4.17. The van der Waals surface area contributed by atoms with Crippen molar-refractivity contribution in [2.75, 3.05) is 0 Å². The van der Waals surface area contributed by atoms with E-state index in [0.717, 1.165) is 3.57 Å². The van der Waals surface area contributed by atoms with Gasteiger partial charge in [-0.15, -0.1) is 20.4 Å². The van der Waals surface area contributed by atoms with Gasteiger partial charge >= 0.3 is 0 Å². The lowest BCUT2D eigenvalue weighted by atomic mass is 10.3. The molecule has 0 atom stereocenters. The monoisotopic (exact) mass is 299 g/mol. The summed E-state index contributed by atoms with van der Waals surface area (Å²) in [6, 6.07) is 3.80. The number of nitrogens with zero attached hydrogens (tertiary/aromatic N) is 5. The second kappa shape index (κ2) is 3.91. The maximum atomic E-state index is 4.17. The molecular weight excluding hydrogens is 293 g/mol. The highest BCUT2D eigenvalue weighted by molar-refractivity contribution is 14.1. The number of aryl methyl sites for hydroxylation is 1. The molecule has 14 heavy (non-hydrogen) atoms. The first kappa shape index (κ1) is 9.38. The molecule has 5 nitrogen and oxygen atoms in total. The van der Waals surface area contributed by atoms with Crippen LogP contribution in [0.4, 0.5) is 0 Å². The van der Waals surface area contributed by atoms with E-state index < -0.39 is 0 Å². The highest BCUT2D eigenvalue weighted by Gasteiger charge is 2.07. The zero-order valence-electron chi connectivity index (χ0n) is 7.35. The van der Waals surface area contributed by atoms with Gasteiger partial charge in [0.2, 0.25) is 5.82 Å². The van der Waals surface area contributed by atoms with Crippen LogP contribution in [0.5, 0.6) is 0 Å². The summed E-state index contributed by atoms with van der Waals surface area (Å²) >= 11 is 2.17. The third-order valence-corrected chi connectivity index (χ3v) is 2.42. The van der Waals surface area contributed by atoms with Gasteiger partial charge in [0, 0.05) is 9.77 Å². The molecule has 2 heterocycles. The molecule has 2 aromatic heterocycles. The number of hydrogen-bond acceptors (Lipinski definition) is 5. The largest absolute Gasteiger partial charge is 0.252 e.